The molecule has 1 amide bonds. The van der Waals surface area contributed by atoms with Gasteiger partial charge in [0, 0.05) is 41.0 Å². The number of rotatable bonds is 8. The monoisotopic (exact) mass is 522 g/mol. The van der Waals surface area contributed by atoms with Gasteiger partial charge in [-0.2, -0.15) is 13.9 Å². The molecule has 3 aromatic rings. The van der Waals surface area contributed by atoms with Gasteiger partial charge in [-0.1, -0.05) is 35.3 Å². The van der Waals surface area contributed by atoms with Crippen LogP contribution in [0.5, 0.6) is 5.75 Å². The van der Waals surface area contributed by atoms with Crippen molar-refractivity contribution in [1.29, 1.82) is 0 Å². The van der Waals surface area contributed by atoms with Gasteiger partial charge in [0.25, 0.3) is 5.91 Å². The van der Waals surface area contributed by atoms with Crippen LogP contribution in [-0.2, 0) is 17.8 Å². The molecule has 186 valence electrons. The number of nitrogens with zero attached hydrogens (tertiary/aromatic N) is 3. The van der Waals surface area contributed by atoms with Crippen LogP contribution in [0.4, 0.5) is 14.5 Å². The maximum atomic E-state index is 14.8. The number of aromatic nitrogens is 2. The van der Waals surface area contributed by atoms with Crippen LogP contribution in [0.2, 0.25) is 10.2 Å². The summed E-state index contributed by atoms with van der Waals surface area (Å²) in [5, 5.41) is 7.21. The van der Waals surface area contributed by atoms with Gasteiger partial charge in [0.05, 0.1) is 5.69 Å². The van der Waals surface area contributed by atoms with E-state index in [1.54, 1.807) is 23.9 Å². The fourth-order valence-electron chi connectivity index (χ4n) is 4.18. The van der Waals surface area contributed by atoms with E-state index in [0.717, 1.165) is 31.8 Å². The third-order valence-electron chi connectivity index (χ3n) is 6.07. The van der Waals surface area contributed by atoms with E-state index >= 15 is 0 Å². The van der Waals surface area contributed by atoms with Crippen LogP contribution >= 0.6 is 23.2 Å². The summed E-state index contributed by atoms with van der Waals surface area (Å²) >= 11 is 12.0. The summed E-state index contributed by atoms with van der Waals surface area (Å²) in [5.74, 6) is -4.65. The van der Waals surface area contributed by atoms with Crippen molar-refractivity contribution in [2.75, 3.05) is 31.6 Å². The first-order chi connectivity index (χ1) is 16.7. The number of nitrogens with one attached hydrogen (secondary N) is 1. The Bertz CT molecular complexity index is 1210. The molecule has 0 aliphatic carbocycles. The predicted molar refractivity (Wildman–Crippen MR) is 134 cm³/mol. The first-order valence-corrected chi connectivity index (χ1v) is 12.1. The molecule has 1 saturated heterocycles. The number of alkyl halides is 2. The molecule has 2 aromatic carbocycles. The molecule has 10 heteroatoms. The lowest BCUT2D eigenvalue weighted by molar-refractivity contribution is -0.140. The van der Waals surface area contributed by atoms with Gasteiger partial charge in [0.1, 0.15) is 12.4 Å². The van der Waals surface area contributed by atoms with Crippen molar-refractivity contribution < 1.29 is 18.3 Å². The van der Waals surface area contributed by atoms with Crippen molar-refractivity contribution in [3.05, 3.63) is 63.8 Å². The number of hydrogen-bond donors (Lipinski definition) is 1. The van der Waals surface area contributed by atoms with E-state index in [1.165, 1.54) is 31.0 Å². The minimum atomic E-state index is -3.75. The number of amides is 1. The lowest BCUT2D eigenvalue weighted by Gasteiger charge is -2.19. The summed E-state index contributed by atoms with van der Waals surface area (Å²) in [6, 6.07) is 9.70. The van der Waals surface area contributed by atoms with E-state index < -0.39 is 17.4 Å². The number of ether oxygens (including phenoxy) is 1. The molecule has 35 heavy (non-hydrogen) atoms. The highest BCUT2D eigenvalue weighted by Gasteiger charge is 2.41. The van der Waals surface area contributed by atoms with Gasteiger partial charge in [-0.05, 0) is 63.2 Å². The zero-order valence-corrected chi connectivity index (χ0v) is 21.0. The van der Waals surface area contributed by atoms with Crippen molar-refractivity contribution in [2.24, 2.45) is 7.05 Å². The summed E-state index contributed by atoms with van der Waals surface area (Å²) in [5.41, 5.74) is 1.73. The molecule has 0 atom stereocenters. The summed E-state index contributed by atoms with van der Waals surface area (Å²) in [4.78, 5) is 14.9. The number of halogens is 4. The molecular weight excluding hydrogens is 497 g/mol. The van der Waals surface area contributed by atoms with Crippen molar-refractivity contribution in [3.63, 3.8) is 0 Å². The Hall–Kier alpha value is -2.68. The highest BCUT2D eigenvalue weighted by molar-refractivity contribution is 6.30. The maximum absolute atomic E-state index is 14.8. The Balaban J connectivity index is 1.60. The van der Waals surface area contributed by atoms with E-state index in [9.17, 15) is 13.6 Å². The third kappa shape index (κ3) is 5.60. The van der Waals surface area contributed by atoms with Gasteiger partial charge in [0.2, 0.25) is 0 Å². The summed E-state index contributed by atoms with van der Waals surface area (Å²) < 4.78 is 37.3. The molecule has 0 spiro atoms. The molecule has 0 saturated carbocycles. The number of benzene rings is 2. The Morgan fingerprint density at radius 1 is 1.14 bits per heavy atom. The van der Waals surface area contributed by atoms with Crippen LogP contribution in [0, 0.1) is 6.92 Å². The molecule has 0 radical (unpaired) electrons. The highest BCUT2D eigenvalue weighted by Crippen LogP contribution is 2.37. The minimum Gasteiger partial charge on any atom is -0.492 e. The van der Waals surface area contributed by atoms with Crippen LogP contribution in [0.25, 0.3) is 11.3 Å². The number of hydrogen-bond acceptors (Lipinski definition) is 4. The molecule has 2 heterocycles. The second-order valence-corrected chi connectivity index (χ2v) is 9.33. The second kappa shape index (κ2) is 10.5. The van der Waals surface area contributed by atoms with Crippen molar-refractivity contribution >= 4 is 34.8 Å². The maximum Gasteiger partial charge on any atom is 0.350 e. The smallest absolute Gasteiger partial charge is 0.350 e. The molecule has 1 aromatic heterocycles. The second-order valence-electron chi connectivity index (χ2n) is 8.53. The lowest BCUT2D eigenvalue weighted by Crippen LogP contribution is -2.32. The average molecular weight is 523 g/mol. The van der Waals surface area contributed by atoms with Gasteiger partial charge in [-0.3, -0.25) is 14.4 Å². The molecular formula is C25H26Cl2F2N4O2. The molecule has 1 aliphatic heterocycles. The first kappa shape index (κ1) is 25.4. The number of aryl methyl sites for hydroxylation is 1. The molecule has 0 unspecified atom stereocenters. The average Bonchev–Trinajstić information content (AvgIpc) is 3.42. The van der Waals surface area contributed by atoms with Gasteiger partial charge in [-0.25, -0.2) is 0 Å². The summed E-state index contributed by atoms with van der Waals surface area (Å²) in [6.45, 7) is 5.19. The van der Waals surface area contributed by atoms with Crippen molar-refractivity contribution in [2.45, 2.75) is 25.7 Å². The first-order valence-electron chi connectivity index (χ1n) is 11.3. The molecule has 4 rings (SSSR count). The van der Waals surface area contributed by atoms with Crippen LogP contribution in [0.15, 0.2) is 42.5 Å². The Morgan fingerprint density at radius 3 is 2.46 bits per heavy atom. The van der Waals surface area contributed by atoms with E-state index in [-0.39, 0.29) is 5.69 Å². The van der Waals surface area contributed by atoms with Crippen LogP contribution in [0.1, 0.15) is 24.0 Å². The molecule has 1 N–H and O–H groups in total. The summed E-state index contributed by atoms with van der Waals surface area (Å²) in [6.07, 6.45) is 2.38. The molecule has 1 aliphatic rings. The van der Waals surface area contributed by atoms with Gasteiger partial charge >= 0.3 is 5.92 Å². The number of likely N-dealkylation sites (tertiary alicyclic amines) is 1. The topological polar surface area (TPSA) is 59.4 Å². The van der Waals surface area contributed by atoms with Crippen molar-refractivity contribution in [1.82, 2.24) is 14.7 Å². The van der Waals surface area contributed by atoms with E-state index in [4.69, 9.17) is 27.9 Å². The van der Waals surface area contributed by atoms with Crippen LogP contribution in [-0.4, -0.2) is 46.8 Å². The largest absolute Gasteiger partial charge is 0.492 e. The molecule has 1 fully saturated rings. The molecule has 6 nitrogen and oxygen atoms in total. The third-order valence-corrected chi connectivity index (χ3v) is 6.69. The Morgan fingerprint density at radius 2 is 1.83 bits per heavy atom. The number of anilines is 1. The highest BCUT2D eigenvalue weighted by atomic mass is 35.5. The zero-order chi connectivity index (χ0) is 25.2. The van der Waals surface area contributed by atoms with Crippen molar-refractivity contribution in [3.8, 4) is 17.0 Å². The van der Waals surface area contributed by atoms with Gasteiger partial charge in [-0.15, -0.1) is 0 Å². The predicted octanol–water partition coefficient (Wildman–Crippen LogP) is 5.91. The van der Waals surface area contributed by atoms with E-state index in [2.05, 4.69) is 15.3 Å². The Kier molecular flexibility index (Phi) is 7.64. The fourth-order valence-corrected chi connectivity index (χ4v) is 4.51. The van der Waals surface area contributed by atoms with E-state index in [0.29, 0.717) is 39.4 Å². The SMILES string of the molecule is Cc1c(Cl)nn(C)c1-c1cc(NC(=O)C(F)(F)c2ccc(Cl)cc2)ccc1OCCN1CCCC1. The fraction of sp³-hybridized carbons (Fsp3) is 0.360. The minimum absolute atomic E-state index is 0.197. The van der Waals surface area contributed by atoms with Crippen LogP contribution < -0.4 is 10.1 Å². The normalized spacial score (nSPS) is 14.3. The number of carbonyl (C=O) groups excluding carboxylic acids is 1. The summed E-state index contributed by atoms with van der Waals surface area (Å²) in [7, 11) is 1.74. The molecule has 0 bridgehead atoms. The lowest BCUT2D eigenvalue weighted by atomic mass is 10.1. The number of carbonyl (C=O) groups is 1. The van der Waals surface area contributed by atoms with Gasteiger partial charge in [0.15, 0.2) is 5.15 Å². The van der Waals surface area contributed by atoms with E-state index in [1.807, 2.05) is 6.92 Å². The van der Waals surface area contributed by atoms with Crippen LogP contribution in [0.3, 0.4) is 0 Å². The quantitative estimate of drug-likeness (QED) is 0.399. The van der Waals surface area contributed by atoms with Gasteiger partial charge < -0.3 is 10.1 Å². The Labute approximate surface area is 212 Å². The zero-order valence-electron chi connectivity index (χ0n) is 19.5. The standard InChI is InChI=1S/C25H26Cl2F2N4O2/c1-16-22(32(2)31-23(16)27)20-15-19(9-10-21(20)35-14-13-33-11-3-4-12-33)30-24(34)25(28,29)17-5-7-18(26)8-6-17/h5-10,15H,3-4,11-14H2,1-2H3,(H,30,34).